The van der Waals surface area contributed by atoms with Crippen LogP contribution in [-0.4, -0.2) is 89.0 Å². The second kappa shape index (κ2) is 19.7. The number of para-hydroxylation sites is 1. The van der Waals surface area contributed by atoms with E-state index in [0.29, 0.717) is 29.9 Å². The number of rotatable bonds is 7. The standard InChI is InChI=1S/C16H16N2O3.C14H17N3O2.2C2HF3O2/c17-10-12-5-4-6-13(9-12)16(21)18(11-15(19)20)14-7-2-1-3-8-14;15-13(18)10-4-3-9-5-7-17(12(9)8-10)14(19)11-2-1-6-16-11;2*3-2(4,5)1(6)7/h1-9H,10-11,17H2,(H,19,20);3-4,8,11,16H,1-2,5-7H2,(H2,15,18);2*(H,6,7)/t;11-;;/m.0../s1. The normalized spacial score (nSPS) is 14.4. The fraction of sp³-hybridized carbons (Fsp3) is 0.294. The number of carboxylic acid groups (broad SMARTS) is 3. The zero-order valence-electron chi connectivity index (χ0n) is 28.1. The summed E-state index contributed by atoms with van der Waals surface area (Å²) >= 11 is 0. The summed E-state index contributed by atoms with van der Waals surface area (Å²) in [6.07, 6.45) is -7.40. The van der Waals surface area contributed by atoms with Crippen LogP contribution in [0, 0.1) is 0 Å². The van der Waals surface area contributed by atoms with E-state index in [4.69, 9.17) is 36.4 Å². The van der Waals surface area contributed by atoms with Gasteiger partial charge in [0.15, 0.2) is 0 Å². The van der Waals surface area contributed by atoms with Gasteiger partial charge in [-0.3, -0.25) is 24.1 Å². The fourth-order valence-corrected chi connectivity index (χ4v) is 4.86. The average Bonchev–Trinajstić information content (AvgIpc) is 3.81. The SMILES string of the molecule is NC(=O)c1ccc2c(c1)N(C(=O)[C@@H]1CCCN1)CC2.NCc1cccc(C(=O)N(CC(=O)O)c2ccccc2)c1.O=C(O)C(F)(F)F.O=C(O)C(F)(F)F. The summed E-state index contributed by atoms with van der Waals surface area (Å²) in [5.74, 6) is -7.29. The zero-order valence-corrected chi connectivity index (χ0v) is 28.1. The van der Waals surface area contributed by atoms with Gasteiger partial charge < -0.3 is 37.0 Å². The number of carbonyl (C=O) groups excluding carboxylic acids is 3. The lowest BCUT2D eigenvalue weighted by Gasteiger charge is -2.21. The van der Waals surface area contributed by atoms with Crippen LogP contribution in [0.2, 0.25) is 0 Å². The lowest BCUT2D eigenvalue weighted by atomic mass is 10.1. The van der Waals surface area contributed by atoms with E-state index in [1.165, 1.54) is 4.90 Å². The Bertz CT molecular complexity index is 1780. The summed E-state index contributed by atoms with van der Waals surface area (Å²) in [7, 11) is 0. The van der Waals surface area contributed by atoms with Gasteiger partial charge >= 0.3 is 30.3 Å². The Morgan fingerprint density at radius 3 is 1.89 bits per heavy atom. The molecule has 8 N–H and O–H groups in total. The average molecular weight is 772 g/mol. The molecule has 14 nitrogen and oxygen atoms in total. The van der Waals surface area contributed by atoms with Crippen LogP contribution in [-0.2, 0) is 32.1 Å². The van der Waals surface area contributed by atoms with Crippen LogP contribution < -0.4 is 26.6 Å². The third kappa shape index (κ3) is 13.5. The number of carbonyl (C=O) groups is 6. The van der Waals surface area contributed by atoms with Crippen LogP contribution in [0.1, 0.15) is 44.7 Å². The molecule has 0 saturated carbocycles. The van der Waals surface area contributed by atoms with Crippen molar-refractivity contribution in [2.45, 2.75) is 44.2 Å². The minimum absolute atomic E-state index is 0.0804. The van der Waals surface area contributed by atoms with Gasteiger partial charge in [0.25, 0.3) is 5.91 Å². The number of halogens is 6. The molecule has 3 amide bonds. The quantitative estimate of drug-likeness (QED) is 0.190. The topological polar surface area (TPSA) is 234 Å². The molecule has 3 aromatic carbocycles. The molecular weight excluding hydrogens is 736 g/mol. The monoisotopic (exact) mass is 771 g/mol. The Morgan fingerprint density at radius 2 is 1.41 bits per heavy atom. The minimum Gasteiger partial charge on any atom is -0.480 e. The molecule has 2 aliphatic rings. The molecule has 20 heteroatoms. The number of nitrogens with one attached hydrogen (secondary N) is 1. The van der Waals surface area contributed by atoms with Gasteiger partial charge in [-0.2, -0.15) is 26.3 Å². The summed E-state index contributed by atoms with van der Waals surface area (Å²) in [6.45, 7) is 1.52. The van der Waals surface area contributed by atoms with Gasteiger partial charge in [0.2, 0.25) is 11.8 Å². The van der Waals surface area contributed by atoms with Crippen LogP contribution in [0.3, 0.4) is 0 Å². The van der Waals surface area contributed by atoms with Crippen molar-refractivity contribution in [1.29, 1.82) is 0 Å². The van der Waals surface area contributed by atoms with Crippen molar-refractivity contribution >= 4 is 47.0 Å². The molecule has 0 spiro atoms. The number of primary amides is 1. The van der Waals surface area contributed by atoms with E-state index in [1.54, 1.807) is 59.5 Å². The Labute approximate surface area is 302 Å². The predicted octanol–water partition coefficient (Wildman–Crippen LogP) is 3.57. The molecular formula is C34H35F6N5O9. The van der Waals surface area contributed by atoms with E-state index in [9.17, 15) is 45.5 Å². The van der Waals surface area contributed by atoms with Crippen molar-refractivity contribution < 1.29 is 70.4 Å². The molecule has 1 fully saturated rings. The van der Waals surface area contributed by atoms with Gasteiger partial charge in [0.05, 0.1) is 6.04 Å². The molecule has 0 radical (unpaired) electrons. The first-order chi connectivity index (χ1) is 25.2. The van der Waals surface area contributed by atoms with Gasteiger partial charge in [-0.1, -0.05) is 36.4 Å². The second-order valence-corrected chi connectivity index (χ2v) is 11.2. The third-order valence-electron chi connectivity index (χ3n) is 7.39. The smallest absolute Gasteiger partial charge is 0.480 e. The Balaban J connectivity index is 0.000000279. The van der Waals surface area contributed by atoms with Crippen LogP contribution in [0.4, 0.5) is 37.7 Å². The molecule has 0 aromatic heterocycles. The van der Waals surface area contributed by atoms with Crippen molar-refractivity contribution in [1.82, 2.24) is 5.32 Å². The van der Waals surface area contributed by atoms with E-state index in [0.717, 1.165) is 42.6 Å². The van der Waals surface area contributed by atoms with Gasteiger partial charge in [-0.15, -0.1) is 0 Å². The molecule has 1 atom stereocenters. The van der Waals surface area contributed by atoms with Crippen LogP contribution in [0.5, 0.6) is 0 Å². The number of nitrogens with two attached hydrogens (primary N) is 2. The van der Waals surface area contributed by atoms with Gasteiger partial charge in [0, 0.05) is 35.6 Å². The van der Waals surface area contributed by atoms with E-state index >= 15 is 0 Å². The molecule has 5 rings (SSSR count). The van der Waals surface area contributed by atoms with Crippen molar-refractivity contribution in [2.75, 3.05) is 29.4 Å². The van der Waals surface area contributed by atoms with Crippen molar-refractivity contribution in [3.63, 3.8) is 0 Å². The van der Waals surface area contributed by atoms with E-state index in [2.05, 4.69) is 5.32 Å². The molecule has 1 saturated heterocycles. The number of carboxylic acids is 3. The lowest BCUT2D eigenvalue weighted by Crippen LogP contribution is -2.43. The van der Waals surface area contributed by atoms with Gasteiger partial charge in [-0.25, -0.2) is 9.59 Å². The summed E-state index contributed by atoms with van der Waals surface area (Å²) in [4.78, 5) is 68.1. The van der Waals surface area contributed by atoms with Crippen LogP contribution in [0.25, 0.3) is 0 Å². The van der Waals surface area contributed by atoms with E-state index in [-0.39, 0.29) is 17.9 Å². The van der Waals surface area contributed by atoms with E-state index in [1.807, 2.05) is 18.2 Å². The number of hydrogen-bond donors (Lipinski definition) is 6. The first-order valence-corrected chi connectivity index (χ1v) is 15.6. The van der Waals surface area contributed by atoms with Crippen molar-refractivity contribution in [3.8, 4) is 0 Å². The molecule has 3 aromatic rings. The highest BCUT2D eigenvalue weighted by Gasteiger charge is 2.39. The Kier molecular flexibility index (Phi) is 16.1. The maximum absolute atomic E-state index is 12.6. The Hall–Kier alpha value is -6.02. The van der Waals surface area contributed by atoms with Crippen molar-refractivity contribution in [2.24, 2.45) is 11.5 Å². The number of hydrogen-bond acceptors (Lipinski definition) is 8. The summed E-state index contributed by atoms with van der Waals surface area (Å²) < 4.78 is 63.5. The number of amides is 3. The fourth-order valence-electron chi connectivity index (χ4n) is 4.86. The minimum atomic E-state index is -5.08. The third-order valence-corrected chi connectivity index (χ3v) is 7.39. The first-order valence-electron chi connectivity index (χ1n) is 15.6. The van der Waals surface area contributed by atoms with Crippen LogP contribution >= 0.6 is 0 Å². The van der Waals surface area contributed by atoms with Crippen molar-refractivity contribution in [3.05, 3.63) is 95.1 Å². The van der Waals surface area contributed by atoms with Crippen LogP contribution in [0.15, 0.2) is 72.8 Å². The van der Waals surface area contributed by atoms with E-state index < -0.39 is 42.7 Å². The maximum Gasteiger partial charge on any atom is 0.490 e. The molecule has 0 unspecified atom stereocenters. The lowest BCUT2D eigenvalue weighted by molar-refractivity contribution is -0.193. The highest BCUT2D eigenvalue weighted by Crippen LogP contribution is 2.30. The van der Waals surface area contributed by atoms with Gasteiger partial charge in [0.1, 0.15) is 6.54 Å². The number of aliphatic carboxylic acids is 3. The predicted molar refractivity (Wildman–Crippen MR) is 180 cm³/mol. The zero-order chi connectivity index (χ0) is 40.8. The number of benzene rings is 3. The summed E-state index contributed by atoms with van der Waals surface area (Å²) in [5.41, 5.74) is 15.1. The Morgan fingerprint density at radius 1 is 0.815 bits per heavy atom. The first kappa shape index (κ1) is 44.1. The molecule has 0 bridgehead atoms. The molecule has 54 heavy (non-hydrogen) atoms. The maximum atomic E-state index is 12.6. The number of nitrogens with zero attached hydrogens (tertiary/aromatic N) is 2. The highest BCUT2D eigenvalue weighted by molar-refractivity contribution is 6.08. The molecule has 292 valence electrons. The summed E-state index contributed by atoms with van der Waals surface area (Å²) in [6, 6.07) is 20.9. The molecule has 0 aliphatic carbocycles. The number of anilines is 2. The second-order valence-electron chi connectivity index (χ2n) is 11.2. The number of alkyl halides is 6. The molecule has 2 aliphatic heterocycles. The number of fused-ring (bicyclic) bond motifs is 1. The highest BCUT2D eigenvalue weighted by atomic mass is 19.4. The molecule has 2 heterocycles. The largest absolute Gasteiger partial charge is 0.490 e. The van der Waals surface area contributed by atoms with Gasteiger partial charge in [-0.05, 0) is 73.3 Å². The summed E-state index contributed by atoms with van der Waals surface area (Å²) in [5, 5.41) is 26.5.